The highest BCUT2D eigenvalue weighted by molar-refractivity contribution is 5.48. The molecule has 21 heavy (non-hydrogen) atoms. The molecular formula is C19H31NO. The van der Waals surface area contributed by atoms with E-state index in [0.717, 1.165) is 24.5 Å². The van der Waals surface area contributed by atoms with Crippen molar-refractivity contribution < 1.29 is 4.74 Å². The summed E-state index contributed by atoms with van der Waals surface area (Å²) in [5.41, 5.74) is 10.4. The predicted molar refractivity (Wildman–Crippen MR) is 89.8 cm³/mol. The molecule has 1 saturated carbocycles. The maximum atomic E-state index is 6.85. The largest absolute Gasteiger partial charge is 0.496 e. The molecule has 1 aliphatic carbocycles. The number of methoxy groups -OCH3 is 1. The zero-order chi connectivity index (χ0) is 15.5. The van der Waals surface area contributed by atoms with Crippen LogP contribution in [0.4, 0.5) is 0 Å². The Kier molecular flexibility index (Phi) is 5.32. The van der Waals surface area contributed by atoms with Crippen LogP contribution in [0.2, 0.25) is 0 Å². The van der Waals surface area contributed by atoms with Crippen molar-refractivity contribution in [3.63, 3.8) is 0 Å². The zero-order valence-corrected chi connectivity index (χ0v) is 14.2. The summed E-state index contributed by atoms with van der Waals surface area (Å²) in [6, 6.07) is 4.39. The van der Waals surface area contributed by atoms with Crippen LogP contribution >= 0.6 is 0 Å². The Bertz CT molecular complexity index is 483. The molecule has 1 aromatic rings. The van der Waals surface area contributed by atoms with Crippen LogP contribution in [0.15, 0.2) is 12.1 Å². The van der Waals surface area contributed by atoms with E-state index in [1.807, 2.05) is 0 Å². The standard InChI is InChI=1S/C19H31NO/c1-5-7-16-8-6-12-19(20,13-11-16)17-10-9-14(2)15(3)18(17)21-4/h9-10,16H,5-8,11-13,20H2,1-4H3. The van der Waals surface area contributed by atoms with Crippen LogP contribution in [0.5, 0.6) is 5.75 Å². The number of benzene rings is 1. The van der Waals surface area contributed by atoms with Crippen molar-refractivity contribution in [3.05, 3.63) is 28.8 Å². The first-order valence-electron chi connectivity index (χ1n) is 8.45. The lowest BCUT2D eigenvalue weighted by Crippen LogP contribution is -2.36. The lowest BCUT2D eigenvalue weighted by Gasteiger charge is -2.31. The van der Waals surface area contributed by atoms with Gasteiger partial charge in [0.05, 0.1) is 7.11 Å². The van der Waals surface area contributed by atoms with E-state index >= 15 is 0 Å². The molecule has 2 N–H and O–H groups in total. The fraction of sp³-hybridized carbons (Fsp3) is 0.684. The van der Waals surface area contributed by atoms with Gasteiger partial charge in [-0.2, -0.15) is 0 Å². The minimum atomic E-state index is -0.216. The topological polar surface area (TPSA) is 35.2 Å². The number of aryl methyl sites for hydroxylation is 1. The lowest BCUT2D eigenvalue weighted by molar-refractivity contribution is 0.339. The molecule has 2 rings (SSSR count). The first-order valence-corrected chi connectivity index (χ1v) is 8.45. The molecule has 0 aromatic heterocycles. The molecule has 0 aliphatic heterocycles. The molecule has 2 heteroatoms. The SMILES string of the molecule is CCCC1CCCC(N)(c2ccc(C)c(C)c2OC)CC1. The van der Waals surface area contributed by atoms with Crippen LogP contribution in [-0.4, -0.2) is 7.11 Å². The number of nitrogens with two attached hydrogens (primary N) is 1. The van der Waals surface area contributed by atoms with Crippen LogP contribution in [0.25, 0.3) is 0 Å². The minimum Gasteiger partial charge on any atom is -0.496 e. The maximum Gasteiger partial charge on any atom is 0.127 e. The Labute approximate surface area is 130 Å². The first-order chi connectivity index (χ1) is 10.0. The highest BCUT2D eigenvalue weighted by Gasteiger charge is 2.33. The van der Waals surface area contributed by atoms with Crippen molar-refractivity contribution in [2.45, 2.75) is 71.3 Å². The second-order valence-corrected chi connectivity index (χ2v) is 6.83. The monoisotopic (exact) mass is 289 g/mol. The molecule has 1 aliphatic rings. The third kappa shape index (κ3) is 3.42. The summed E-state index contributed by atoms with van der Waals surface area (Å²) >= 11 is 0. The van der Waals surface area contributed by atoms with E-state index < -0.39 is 0 Å². The Balaban J connectivity index is 2.30. The van der Waals surface area contributed by atoms with Crippen molar-refractivity contribution >= 4 is 0 Å². The third-order valence-electron chi connectivity index (χ3n) is 5.35. The molecule has 0 radical (unpaired) electrons. The summed E-state index contributed by atoms with van der Waals surface area (Å²) in [6.45, 7) is 6.56. The number of hydrogen-bond acceptors (Lipinski definition) is 2. The van der Waals surface area contributed by atoms with E-state index in [4.69, 9.17) is 10.5 Å². The van der Waals surface area contributed by atoms with Gasteiger partial charge in [-0.25, -0.2) is 0 Å². The van der Waals surface area contributed by atoms with Crippen molar-refractivity contribution in [2.24, 2.45) is 11.7 Å². The van der Waals surface area contributed by atoms with Gasteiger partial charge in [-0.15, -0.1) is 0 Å². The van der Waals surface area contributed by atoms with Gasteiger partial charge < -0.3 is 10.5 Å². The minimum absolute atomic E-state index is 0.216. The summed E-state index contributed by atoms with van der Waals surface area (Å²) in [6.07, 6.45) is 8.61. The Morgan fingerprint density at radius 3 is 2.67 bits per heavy atom. The second-order valence-electron chi connectivity index (χ2n) is 6.83. The molecule has 2 nitrogen and oxygen atoms in total. The highest BCUT2D eigenvalue weighted by atomic mass is 16.5. The molecule has 1 aromatic carbocycles. The van der Waals surface area contributed by atoms with Crippen LogP contribution in [-0.2, 0) is 5.54 Å². The molecule has 0 heterocycles. The Morgan fingerprint density at radius 2 is 2.00 bits per heavy atom. The zero-order valence-electron chi connectivity index (χ0n) is 14.2. The maximum absolute atomic E-state index is 6.85. The Hall–Kier alpha value is -1.02. The van der Waals surface area contributed by atoms with E-state index in [9.17, 15) is 0 Å². The van der Waals surface area contributed by atoms with Gasteiger partial charge in [0.15, 0.2) is 0 Å². The van der Waals surface area contributed by atoms with E-state index in [0.29, 0.717) is 0 Å². The fourth-order valence-electron chi connectivity index (χ4n) is 3.85. The van der Waals surface area contributed by atoms with Crippen LogP contribution in [0.3, 0.4) is 0 Å². The van der Waals surface area contributed by atoms with Crippen molar-refractivity contribution in [2.75, 3.05) is 7.11 Å². The number of ether oxygens (including phenoxy) is 1. The highest BCUT2D eigenvalue weighted by Crippen LogP contribution is 2.42. The van der Waals surface area contributed by atoms with Gasteiger partial charge in [-0.05, 0) is 50.2 Å². The van der Waals surface area contributed by atoms with Crippen molar-refractivity contribution in [1.29, 1.82) is 0 Å². The van der Waals surface area contributed by atoms with Gasteiger partial charge in [-0.3, -0.25) is 0 Å². The third-order valence-corrected chi connectivity index (χ3v) is 5.35. The molecule has 0 bridgehead atoms. The van der Waals surface area contributed by atoms with Gasteiger partial charge in [0.2, 0.25) is 0 Å². The lowest BCUT2D eigenvalue weighted by atomic mass is 9.81. The van der Waals surface area contributed by atoms with Gasteiger partial charge >= 0.3 is 0 Å². The fourth-order valence-corrected chi connectivity index (χ4v) is 3.85. The number of hydrogen-bond donors (Lipinski definition) is 1. The van der Waals surface area contributed by atoms with E-state index in [1.54, 1.807) is 7.11 Å². The summed E-state index contributed by atoms with van der Waals surface area (Å²) in [7, 11) is 1.77. The first kappa shape index (κ1) is 16.4. The molecule has 0 saturated heterocycles. The van der Waals surface area contributed by atoms with Crippen LogP contribution < -0.4 is 10.5 Å². The van der Waals surface area contributed by atoms with Crippen molar-refractivity contribution in [1.82, 2.24) is 0 Å². The van der Waals surface area contributed by atoms with Crippen LogP contribution in [0, 0.1) is 19.8 Å². The molecule has 2 unspecified atom stereocenters. The van der Waals surface area contributed by atoms with Gasteiger partial charge in [-0.1, -0.05) is 44.7 Å². The summed E-state index contributed by atoms with van der Waals surface area (Å²) in [4.78, 5) is 0. The molecule has 1 fully saturated rings. The predicted octanol–water partition coefficient (Wildman–Crippen LogP) is 4.85. The average molecular weight is 289 g/mol. The van der Waals surface area contributed by atoms with E-state index in [-0.39, 0.29) is 5.54 Å². The van der Waals surface area contributed by atoms with Gasteiger partial charge in [0.1, 0.15) is 5.75 Å². The van der Waals surface area contributed by atoms with E-state index in [2.05, 4.69) is 32.9 Å². The summed E-state index contributed by atoms with van der Waals surface area (Å²) in [5, 5.41) is 0. The smallest absolute Gasteiger partial charge is 0.127 e. The molecule has 0 spiro atoms. The molecule has 0 amide bonds. The van der Waals surface area contributed by atoms with E-state index in [1.165, 1.54) is 48.8 Å². The van der Waals surface area contributed by atoms with Crippen LogP contribution in [0.1, 0.15) is 68.6 Å². The summed E-state index contributed by atoms with van der Waals surface area (Å²) in [5.74, 6) is 1.87. The molecular weight excluding hydrogens is 258 g/mol. The Morgan fingerprint density at radius 1 is 1.24 bits per heavy atom. The van der Waals surface area contributed by atoms with Gasteiger partial charge in [0.25, 0.3) is 0 Å². The van der Waals surface area contributed by atoms with Gasteiger partial charge in [0, 0.05) is 11.1 Å². The normalized spacial score (nSPS) is 26.4. The van der Waals surface area contributed by atoms with Crippen molar-refractivity contribution in [3.8, 4) is 5.75 Å². The average Bonchev–Trinajstić information content (AvgIpc) is 2.65. The second kappa shape index (κ2) is 6.83. The number of rotatable bonds is 4. The molecule has 118 valence electrons. The quantitative estimate of drug-likeness (QED) is 0.804. The summed E-state index contributed by atoms with van der Waals surface area (Å²) < 4.78 is 5.71. The molecule has 2 atom stereocenters.